The lowest BCUT2D eigenvalue weighted by Gasteiger charge is -2.36. The van der Waals surface area contributed by atoms with E-state index in [1.807, 2.05) is 41.3 Å². The summed E-state index contributed by atoms with van der Waals surface area (Å²) in [5.41, 5.74) is 1.04. The molecular formula is C18H20N4O2. The molecule has 0 saturated carbocycles. The van der Waals surface area contributed by atoms with Crippen LogP contribution in [0.1, 0.15) is 5.56 Å². The normalized spacial score (nSPS) is 23.2. The van der Waals surface area contributed by atoms with Crippen LogP contribution in [0.2, 0.25) is 0 Å². The maximum absolute atomic E-state index is 12.6. The zero-order chi connectivity index (χ0) is 16.4. The number of carbonyl (C=O) groups excluding carboxylic acids is 1. The number of aromatic nitrogens is 2. The van der Waals surface area contributed by atoms with E-state index in [1.165, 1.54) is 0 Å². The van der Waals surface area contributed by atoms with Gasteiger partial charge in [0, 0.05) is 32.0 Å². The molecule has 4 rings (SSSR count). The molecule has 6 nitrogen and oxygen atoms in total. The SMILES string of the molecule is O=C(Cc1ccccc1)N1C[C@@H]2OCCN(c3ncccn3)[C@@H]2C1. The molecule has 0 spiro atoms. The van der Waals surface area contributed by atoms with Crippen molar-refractivity contribution in [2.45, 2.75) is 18.6 Å². The molecule has 2 saturated heterocycles. The lowest BCUT2D eigenvalue weighted by molar-refractivity contribution is -0.129. The summed E-state index contributed by atoms with van der Waals surface area (Å²) in [6.45, 7) is 2.69. The van der Waals surface area contributed by atoms with Crippen molar-refractivity contribution in [3.63, 3.8) is 0 Å². The fourth-order valence-electron chi connectivity index (χ4n) is 3.46. The number of anilines is 1. The van der Waals surface area contributed by atoms with Gasteiger partial charge in [0.2, 0.25) is 11.9 Å². The third-order valence-electron chi connectivity index (χ3n) is 4.66. The number of carbonyl (C=O) groups is 1. The Morgan fingerprint density at radius 3 is 2.71 bits per heavy atom. The minimum atomic E-state index is 0.0299. The second-order valence-electron chi connectivity index (χ2n) is 6.18. The molecule has 1 aromatic carbocycles. The number of likely N-dealkylation sites (tertiary alicyclic amines) is 1. The number of rotatable bonds is 3. The molecule has 3 heterocycles. The third-order valence-corrected chi connectivity index (χ3v) is 4.66. The Kier molecular flexibility index (Phi) is 4.13. The number of benzene rings is 1. The summed E-state index contributed by atoms with van der Waals surface area (Å²) in [5, 5.41) is 0. The van der Waals surface area contributed by atoms with Crippen molar-refractivity contribution in [1.82, 2.24) is 14.9 Å². The number of nitrogens with zero attached hydrogens (tertiary/aromatic N) is 4. The van der Waals surface area contributed by atoms with Crippen LogP contribution in [0.25, 0.3) is 0 Å². The van der Waals surface area contributed by atoms with Gasteiger partial charge in [-0.05, 0) is 11.6 Å². The monoisotopic (exact) mass is 324 g/mol. The summed E-state index contributed by atoms with van der Waals surface area (Å²) in [5.74, 6) is 0.862. The van der Waals surface area contributed by atoms with Gasteiger partial charge in [-0.3, -0.25) is 4.79 Å². The molecule has 1 aromatic heterocycles. The van der Waals surface area contributed by atoms with E-state index >= 15 is 0 Å². The fourth-order valence-corrected chi connectivity index (χ4v) is 3.46. The first-order valence-electron chi connectivity index (χ1n) is 8.28. The first-order chi connectivity index (χ1) is 11.8. The quantitative estimate of drug-likeness (QED) is 0.847. The van der Waals surface area contributed by atoms with Gasteiger partial charge in [-0.1, -0.05) is 30.3 Å². The molecule has 0 N–H and O–H groups in total. The third kappa shape index (κ3) is 2.97. The second-order valence-corrected chi connectivity index (χ2v) is 6.18. The van der Waals surface area contributed by atoms with E-state index in [9.17, 15) is 4.79 Å². The van der Waals surface area contributed by atoms with E-state index in [2.05, 4.69) is 14.9 Å². The molecule has 6 heteroatoms. The summed E-state index contributed by atoms with van der Waals surface area (Å²) in [7, 11) is 0. The molecule has 1 amide bonds. The first kappa shape index (κ1) is 15.1. The number of amides is 1. The maximum Gasteiger partial charge on any atom is 0.227 e. The van der Waals surface area contributed by atoms with Crippen LogP contribution >= 0.6 is 0 Å². The number of hydrogen-bond donors (Lipinski definition) is 0. The molecule has 0 radical (unpaired) electrons. The highest BCUT2D eigenvalue weighted by Crippen LogP contribution is 2.26. The average molecular weight is 324 g/mol. The predicted octanol–water partition coefficient (Wildman–Crippen LogP) is 1.14. The topological polar surface area (TPSA) is 58.6 Å². The molecular weight excluding hydrogens is 304 g/mol. The highest BCUT2D eigenvalue weighted by molar-refractivity contribution is 5.79. The van der Waals surface area contributed by atoms with Gasteiger partial charge in [-0.2, -0.15) is 0 Å². The molecule has 24 heavy (non-hydrogen) atoms. The Balaban J connectivity index is 1.47. The molecule has 2 aliphatic rings. The minimum Gasteiger partial charge on any atom is -0.372 e. The van der Waals surface area contributed by atoms with Crippen LogP contribution < -0.4 is 4.90 Å². The Labute approximate surface area is 141 Å². The number of ether oxygens (including phenoxy) is 1. The molecule has 2 aromatic rings. The van der Waals surface area contributed by atoms with Gasteiger partial charge in [-0.15, -0.1) is 0 Å². The molecule has 0 unspecified atom stereocenters. The Morgan fingerprint density at radius 1 is 1.12 bits per heavy atom. The van der Waals surface area contributed by atoms with E-state index in [-0.39, 0.29) is 18.1 Å². The largest absolute Gasteiger partial charge is 0.372 e. The Hall–Kier alpha value is -2.47. The highest BCUT2D eigenvalue weighted by atomic mass is 16.5. The van der Waals surface area contributed by atoms with E-state index in [0.29, 0.717) is 32.1 Å². The van der Waals surface area contributed by atoms with Crippen LogP contribution in [0.4, 0.5) is 5.95 Å². The summed E-state index contributed by atoms with van der Waals surface area (Å²) in [4.78, 5) is 25.4. The van der Waals surface area contributed by atoms with Crippen molar-refractivity contribution in [3.05, 3.63) is 54.4 Å². The zero-order valence-electron chi connectivity index (χ0n) is 13.4. The van der Waals surface area contributed by atoms with E-state index in [1.54, 1.807) is 12.4 Å². The molecule has 2 aliphatic heterocycles. The number of hydrogen-bond acceptors (Lipinski definition) is 5. The van der Waals surface area contributed by atoms with Gasteiger partial charge in [-0.25, -0.2) is 9.97 Å². The average Bonchev–Trinajstić information content (AvgIpc) is 3.08. The van der Waals surface area contributed by atoms with Crippen LogP contribution in [0.3, 0.4) is 0 Å². The van der Waals surface area contributed by atoms with Gasteiger partial charge >= 0.3 is 0 Å². The van der Waals surface area contributed by atoms with Gasteiger partial charge in [0.25, 0.3) is 0 Å². The van der Waals surface area contributed by atoms with Crippen molar-refractivity contribution in [2.24, 2.45) is 0 Å². The van der Waals surface area contributed by atoms with Crippen LogP contribution in [0.5, 0.6) is 0 Å². The molecule has 124 valence electrons. The number of morpholine rings is 1. The van der Waals surface area contributed by atoms with Gasteiger partial charge < -0.3 is 14.5 Å². The standard InChI is InChI=1S/C18H20N4O2/c23-17(11-14-5-2-1-3-6-14)21-12-15-16(13-21)24-10-9-22(15)18-19-7-4-8-20-18/h1-8,15-16H,9-13H2/t15-,16+/m1/s1. The maximum atomic E-state index is 12.6. The lowest BCUT2D eigenvalue weighted by Crippen LogP contribution is -2.51. The lowest BCUT2D eigenvalue weighted by atomic mass is 10.1. The van der Waals surface area contributed by atoms with E-state index in [4.69, 9.17) is 4.74 Å². The molecule has 0 bridgehead atoms. The van der Waals surface area contributed by atoms with Gasteiger partial charge in [0.1, 0.15) is 0 Å². The van der Waals surface area contributed by atoms with Crippen molar-refractivity contribution < 1.29 is 9.53 Å². The highest BCUT2D eigenvalue weighted by Gasteiger charge is 2.42. The van der Waals surface area contributed by atoms with Crippen molar-refractivity contribution >= 4 is 11.9 Å². The Bertz CT molecular complexity index is 695. The second kappa shape index (κ2) is 6.57. The van der Waals surface area contributed by atoms with Gasteiger partial charge in [0.05, 0.1) is 25.2 Å². The van der Waals surface area contributed by atoms with Crippen LogP contribution in [0.15, 0.2) is 48.8 Å². The summed E-state index contributed by atoms with van der Waals surface area (Å²) in [6.07, 6.45) is 3.96. The van der Waals surface area contributed by atoms with Crippen molar-refractivity contribution in [1.29, 1.82) is 0 Å². The van der Waals surface area contributed by atoms with Crippen LogP contribution in [-0.2, 0) is 16.0 Å². The summed E-state index contributed by atoms with van der Waals surface area (Å²) < 4.78 is 5.89. The van der Waals surface area contributed by atoms with Crippen LogP contribution in [-0.4, -0.2) is 59.2 Å². The van der Waals surface area contributed by atoms with Crippen molar-refractivity contribution in [3.8, 4) is 0 Å². The predicted molar refractivity (Wildman–Crippen MR) is 89.6 cm³/mol. The minimum absolute atomic E-state index is 0.0299. The molecule has 2 fully saturated rings. The Morgan fingerprint density at radius 2 is 1.92 bits per heavy atom. The van der Waals surface area contributed by atoms with E-state index < -0.39 is 0 Å². The smallest absolute Gasteiger partial charge is 0.227 e. The van der Waals surface area contributed by atoms with Crippen molar-refractivity contribution in [2.75, 3.05) is 31.1 Å². The van der Waals surface area contributed by atoms with E-state index in [0.717, 1.165) is 12.1 Å². The number of fused-ring (bicyclic) bond motifs is 1. The summed E-state index contributed by atoms with van der Waals surface area (Å²) >= 11 is 0. The summed E-state index contributed by atoms with van der Waals surface area (Å²) in [6, 6.07) is 11.8. The van der Waals surface area contributed by atoms with Gasteiger partial charge in [0.15, 0.2) is 0 Å². The molecule has 0 aliphatic carbocycles. The molecule has 2 atom stereocenters. The fraction of sp³-hybridized carbons (Fsp3) is 0.389. The first-order valence-corrected chi connectivity index (χ1v) is 8.28. The van der Waals surface area contributed by atoms with Crippen LogP contribution in [0, 0.1) is 0 Å². The zero-order valence-corrected chi connectivity index (χ0v) is 13.4.